The largest absolute Gasteiger partial charge is 0.310 e. The predicted octanol–water partition coefficient (Wildman–Crippen LogP) is 20.9. The lowest BCUT2D eigenvalue weighted by Gasteiger charge is -2.28. The molecule has 0 bridgehead atoms. The molecule has 362 valence electrons. The molecule has 0 aliphatic rings. The molecule has 0 aliphatic carbocycles. The highest BCUT2D eigenvalue weighted by molar-refractivity contribution is 5.85. The molecular formula is C74H56N2. The maximum Gasteiger partial charge on any atom is 0.0491 e. The van der Waals surface area contributed by atoms with Crippen molar-refractivity contribution in [3.63, 3.8) is 0 Å². The summed E-state index contributed by atoms with van der Waals surface area (Å²) in [5, 5.41) is 0. The van der Waals surface area contributed by atoms with E-state index in [-0.39, 0.29) is 0 Å². The molecule has 0 atom stereocenters. The zero-order chi connectivity index (χ0) is 51.2. The first-order valence-electron chi connectivity index (χ1n) is 26.1. The van der Waals surface area contributed by atoms with E-state index in [0.29, 0.717) is 0 Å². The minimum Gasteiger partial charge on any atom is -0.310 e. The Morgan fingerprint density at radius 2 is 0.447 bits per heavy atom. The molecule has 0 radical (unpaired) electrons. The second kappa shape index (κ2) is 21.4. The number of benzene rings is 12. The monoisotopic (exact) mass is 972 g/mol. The van der Waals surface area contributed by atoms with Gasteiger partial charge in [-0.05, 0) is 176 Å². The van der Waals surface area contributed by atoms with Gasteiger partial charge in [0.15, 0.2) is 0 Å². The molecule has 12 rings (SSSR count). The number of aryl methyl sites for hydroxylation is 2. The van der Waals surface area contributed by atoms with E-state index >= 15 is 0 Å². The lowest BCUT2D eigenvalue weighted by Crippen LogP contribution is -2.11. The van der Waals surface area contributed by atoms with Crippen LogP contribution in [0.2, 0.25) is 0 Å². The normalized spacial score (nSPS) is 11.0. The van der Waals surface area contributed by atoms with Crippen molar-refractivity contribution in [2.24, 2.45) is 0 Å². The van der Waals surface area contributed by atoms with Crippen LogP contribution < -0.4 is 9.80 Å². The highest BCUT2D eigenvalue weighted by Gasteiger charge is 2.18. The van der Waals surface area contributed by atoms with Gasteiger partial charge in [0.2, 0.25) is 0 Å². The van der Waals surface area contributed by atoms with Crippen molar-refractivity contribution < 1.29 is 0 Å². The Labute approximate surface area is 447 Å². The van der Waals surface area contributed by atoms with Gasteiger partial charge in [-0.2, -0.15) is 0 Å². The summed E-state index contributed by atoms with van der Waals surface area (Å²) in [6.07, 6.45) is 0. The van der Waals surface area contributed by atoms with Gasteiger partial charge in [-0.3, -0.25) is 0 Å². The quantitative estimate of drug-likeness (QED) is 0.114. The fourth-order valence-corrected chi connectivity index (χ4v) is 10.5. The SMILES string of the molecule is Cc1cc(N(c2ccc(-c3ccccc3)cc2)c2ccc(-c3ccccc3)cc2)ccc1-c1ccc(-c2ccc(-c3ccc(N(c4ccc(-c5ccccc5)cc4)c4ccc(-c5ccccc5)cc4C)cc3)cc2)cc1. The highest BCUT2D eigenvalue weighted by Crippen LogP contribution is 2.42. The average molecular weight is 973 g/mol. The van der Waals surface area contributed by atoms with Gasteiger partial charge in [0.05, 0.1) is 0 Å². The third kappa shape index (κ3) is 10.0. The first-order chi connectivity index (χ1) is 37.5. The van der Waals surface area contributed by atoms with Crippen molar-refractivity contribution in [2.75, 3.05) is 9.80 Å². The second-order valence-corrected chi connectivity index (χ2v) is 19.5. The first-order valence-corrected chi connectivity index (χ1v) is 26.1. The van der Waals surface area contributed by atoms with Crippen molar-refractivity contribution in [1.29, 1.82) is 0 Å². The van der Waals surface area contributed by atoms with Crippen molar-refractivity contribution >= 4 is 34.1 Å². The Morgan fingerprint density at radius 3 is 0.776 bits per heavy atom. The number of hydrogen-bond acceptors (Lipinski definition) is 2. The summed E-state index contributed by atoms with van der Waals surface area (Å²) in [6.45, 7) is 4.43. The summed E-state index contributed by atoms with van der Waals surface area (Å²) in [6, 6.07) is 110. The van der Waals surface area contributed by atoms with Crippen LogP contribution in [0.3, 0.4) is 0 Å². The lowest BCUT2D eigenvalue weighted by atomic mass is 9.96. The summed E-state index contributed by atoms with van der Waals surface area (Å²) < 4.78 is 0. The molecule has 0 spiro atoms. The summed E-state index contributed by atoms with van der Waals surface area (Å²) in [5.74, 6) is 0. The van der Waals surface area contributed by atoms with Gasteiger partial charge in [-0.15, -0.1) is 0 Å². The highest BCUT2D eigenvalue weighted by atomic mass is 15.1. The smallest absolute Gasteiger partial charge is 0.0491 e. The van der Waals surface area contributed by atoms with Gasteiger partial charge in [-0.1, -0.05) is 231 Å². The van der Waals surface area contributed by atoms with Crippen LogP contribution in [0.25, 0.3) is 77.9 Å². The van der Waals surface area contributed by atoms with E-state index < -0.39 is 0 Å². The maximum absolute atomic E-state index is 2.37. The van der Waals surface area contributed by atoms with Gasteiger partial charge < -0.3 is 9.80 Å². The standard InChI is InChI=1S/C74H56N2/c1-53-52-72(75(68-40-31-62(32-41-68)55-15-7-3-8-16-55)69-42-33-63(34-43-69)56-17-9-4-10-18-56)48-49-73(53)66-29-27-61(28-30-66)59-23-25-60(26-24-59)65-37-46-71(47-38-65)76(70-44-35-64(36-45-70)57-19-11-5-12-20-57)74-50-39-67(51-54(74)2)58-21-13-6-14-22-58/h3-52H,1-2H3. The van der Waals surface area contributed by atoms with E-state index in [0.717, 1.165) is 34.1 Å². The minimum absolute atomic E-state index is 1.10. The number of rotatable bonds is 13. The zero-order valence-electron chi connectivity index (χ0n) is 42.8. The van der Waals surface area contributed by atoms with Crippen LogP contribution in [0.1, 0.15) is 11.1 Å². The van der Waals surface area contributed by atoms with Gasteiger partial charge in [0.1, 0.15) is 0 Å². The van der Waals surface area contributed by atoms with Crippen LogP contribution in [0.15, 0.2) is 303 Å². The molecule has 2 nitrogen and oxygen atoms in total. The van der Waals surface area contributed by atoms with Crippen molar-refractivity contribution in [3.8, 4) is 77.9 Å². The zero-order valence-corrected chi connectivity index (χ0v) is 42.8. The fourth-order valence-electron chi connectivity index (χ4n) is 10.5. The molecule has 0 aromatic heterocycles. The number of hydrogen-bond donors (Lipinski definition) is 0. The van der Waals surface area contributed by atoms with Crippen LogP contribution in [0.5, 0.6) is 0 Å². The van der Waals surface area contributed by atoms with Crippen molar-refractivity contribution in [1.82, 2.24) is 0 Å². The summed E-state index contributed by atoms with van der Waals surface area (Å²) >= 11 is 0. The lowest BCUT2D eigenvalue weighted by molar-refractivity contribution is 1.25. The van der Waals surface area contributed by atoms with E-state index in [1.54, 1.807) is 0 Å². The van der Waals surface area contributed by atoms with E-state index in [2.05, 4.69) is 327 Å². The first kappa shape index (κ1) is 47.3. The fraction of sp³-hybridized carbons (Fsp3) is 0.0270. The Morgan fingerprint density at radius 1 is 0.184 bits per heavy atom. The Bertz CT molecular complexity index is 3770. The van der Waals surface area contributed by atoms with Gasteiger partial charge >= 0.3 is 0 Å². The number of anilines is 6. The summed E-state index contributed by atoms with van der Waals surface area (Å²) in [5.41, 5.74) is 25.9. The van der Waals surface area contributed by atoms with Gasteiger partial charge in [-0.25, -0.2) is 0 Å². The maximum atomic E-state index is 2.37. The van der Waals surface area contributed by atoms with Crippen LogP contribution in [-0.2, 0) is 0 Å². The van der Waals surface area contributed by atoms with Gasteiger partial charge in [0.25, 0.3) is 0 Å². The molecule has 0 N–H and O–H groups in total. The van der Waals surface area contributed by atoms with Gasteiger partial charge in [0, 0.05) is 34.1 Å². The molecule has 0 heterocycles. The topological polar surface area (TPSA) is 6.48 Å². The molecular weight excluding hydrogens is 917 g/mol. The minimum atomic E-state index is 1.10. The summed E-state index contributed by atoms with van der Waals surface area (Å²) in [7, 11) is 0. The van der Waals surface area contributed by atoms with Crippen LogP contribution >= 0.6 is 0 Å². The third-order valence-electron chi connectivity index (χ3n) is 14.6. The summed E-state index contributed by atoms with van der Waals surface area (Å²) in [4.78, 5) is 4.73. The Hall–Kier alpha value is -9.76. The van der Waals surface area contributed by atoms with Crippen LogP contribution in [-0.4, -0.2) is 0 Å². The molecule has 0 amide bonds. The van der Waals surface area contributed by atoms with Crippen molar-refractivity contribution in [3.05, 3.63) is 314 Å². The molecule has 12 aromatic rings. The Balaban J connectivity index is 0.783. The van der Waals surface area contributed by atoms with E-state index in [4.69, 9.17) is 0 Å². The second-order valence-electron chi connectivity index (χ2n) is 19.5. The molecule has 0 saturated heterocycles. The van der Waals surface area contributed by atoms with Crippen LogP contribution in [0.4, 0.5) is 34.1 Å². The molecule has 0 unspecified atom stereocenters. The van der Waals surface area contributed by atoms with E-state index in [1.165, 1.54) is 89.0 Å². The van der Waals surface area contributed by atoms with E-state index in [9.17, 15) is 0 Å². The molecule has 0 saturated carbocycles. The molecule has 0 aliphatic heterocycles. The molecule has 2 heteroatoms. The molecule has 76 heavy (non-hydrogen) atoms. The van der Waals surface area contributed by atoms with Crippen molar-refractivity contribution in [2.45, 2.75) is 13.8 Å². The molecule has 0 fully saturated rings. The third-order valence-corrected chi connectivity index (χ3v) is 14.6. The number of nitrogens with zero attached hydrogens (tertiary/aromatic N) is 2. The van der Waals surface area contributed by atoms with Crippen LogP contribution in [0, 0.1) is 13.8 Å². The molecule has 12 aromatic carbocycles. The Kier molecular flexibility index (Phi) is 13.3. The van der Waals surface area contributed by atoms with E-state index in [1.807, 2.05) is 0 Å². The predicted molar refractivity (Wildman–Crippen MR) is 323 cm³/mol. The average Bonchev–Trinajstić information content (AvgIpc) is 3.50.